The summed E-state index contributed by atoms with van der Waals surface area (Å²) in [7, 11) is 0. The number of benzene rings is 1. The predicted molar refractivity (Wildman–Crippen MR) is 85.9 cm³/mol. The van der Waals surface area contributed by atoms with Crippen LogP contribution in [0.15, 0.2) is 34.4 Å². The van der Waals surface area contributed by atoms with Gasteiger partial charge in [-0.3, -0.25) is 9.59 Å². The number of amides is 1. The summed E-state index contributed by atoms with van der Waals surface area (Å²) in [6, 6.07) is 4.27. The normalized spacial score (nSPS) is 12.9. The zero-order valence-corrected chi connectivity index (χ0v) is 14.0. The first-order valence-corrected chi connectivity index (χ1v) is 8.18. The van der Waals surface area contributed by atoms with Crippen molar-refractivity contribution in [3.05, 3.63) is 56.1 Å². The van der Waals surface area contributed by atoms with E-state index in [0.29, 0.717) is 5.56 Å². The van der Waals surface area contributed by atoms with Gasteiger partial charge in [0.2, 0.25) is 5.91 Å². The first-order chi connectivity index (χ1) is 11.2. The molecular formula is C16H17F3N2O2S. The lowest BCUT2D eigenvalue weighted by Gasteiger charge is -2.15. The summed E-state index contributed by atoms with van der Waals surface area (Å²) in [5, 5.41) is 4.45. The largest absolute Gasteiger partial charge is 0.416 e. The topological polar surface area (TPSA) is 51.1 Å². The van der Waals surface area contributed by atoms with Crippen LogP contribution in [0.3, 0.4) is 0 Å². The third kappa shape index (κ3) is 4.47. The highest BCUT2D eigenvalue weighted by atomic mass is 32.1. The van der Waals surface area contributed by atoms with E-state index < -0.39 is 17.8 Å². The van der Waals surface area contributed by atoms with E-state index in [1.165, 1.54) is 16.7 Å². The summed E-state index contributed by atoms with van der Waals surface area (Å²) in [4.78, 5) is 23.4. The highest BCUT2D eigenvalue weighted by Crippen LogP contribution is 2.29. The molecule has 1 aromatic carbocycles. The Morgan fingerprint density at radius 2 is 1.92 bits per heavy atom. The van der Waals surface area contributed by atoms with Crippen LogP contribution in [-0.2, 0) is 17.5 Å². The number of halogens is 3. The fourth-order valence-corrected chi connectivity index (χ4v) is 3.01. The summed E-state index contributed by atoms with van der Waals surface area (Å²) in [6.07, 6.45) is -4.25. The molecule has 0 saturated heterocycles. The van der Waals surface area contributed by atoms with Gasteiger partial charge in [0.1, 0.15) is 0 Å². The highest BCUT2D eigenvalue weighted by molar-refractivity contribution is 7.07. The third-order valence-corrected chi connectivity index (χ3v) is 4.54. The van der Waals surface area contributed by atoms with Gasteiger partial charge in [-0.1, -0.05) is 23.5 Å². The molecule has 8 heteroatoms. The predicted octanol–water partition coefficient (Wildman–Crippen LogP) is 3.50. The van der Waals surface area contributed by atoms with Gasteiger partial charge < -0.3 is 9.88 Å². The lowest BCUT2D eigenvalue weighted by atomic mass is 10.1. The Balaban J connectivity index is 1.93. The second kappa shape index (κ2) is 7.21. The SMILES string of the molecule is Cc1csc(=O)n1CCC(=O)NC(C)c1ccc(C(F)(F)F)cc1. The maximum Gasteiger partial charge on any atom is 0.416 e. The zero-order valence-electron chi connectivity index (χ0n) is 13.2. The summed E-state index contributed by atoms with van der Waals surface area (Å²) in [6.45, 7) is 3.77. The molecule has 130 valence electrons. The number of nitrogens with one attached hydrogen (secondary N) is 1. The molecule has 0 fully saturated rings. The van der Waals surface area contributed by atoms with Gasteiger partial charge in [-0.15, -0.1) is 0 Å². The van der Waals surface area contributed by atoms with E-state index in [0.717, 1.165) is 29.2 Å². The molecule has 0 spiro atoms. The molecule has 0 aliphatic rings. The van der Waals surface area contributed by atoms with Crippen molar-refractivity contribution in [2.45, 2.75) is 39.0 Å². The van der Waals surface area contributed by atoms with E-state index in [4.69, 9.17) is 0 Å². The Hall–Kier alpha value is -2.09. The van der Waals surface area contributed by atoms with Crippen molar-refractivity contribution < 1.29 is 18.0 Å². The molecule has 1 heterocycles. The number of thiazole rings is 1. The van der Waals surface area contributed by atoms with Gasteiger partial charge >= 0.3 is 11.0 Å². The van der Waals surface area contributed by atoms with Crippen LogP contribution in [0, 0.1) is 6.92 Å². The van der Waals surface area contributed by atoms with Crippen molar-refractivity contribution in [2.75, 3.05) is 0 Å². The fraction of sp³-hybridized carbons (Fsp3) is 0.375. The summed E-state index contributed by atoms with van der Waals surface area (Å²) < 4.78 is 39.1. The molecule has 24 heavy (non-hydrogen) atoms. The maximum atomic E-state index is 12.5. The minimum Gasteiger partial charge on any atom is -0.350 e. The fourth-order valence-electron chi connectivity index (χ4n) is 2.25. The first kappa shape index (κ1) is 18.3. The van der Waals surface area contributed by atoms with Crippen LogP contribution < -0.4 is 10.2 Å². The number of aromatic nitrogens is 1. The maximum absolute atomic E-state index is 12.5. The Morgan fingerprint density at radius 1 is 1.29 bits per heavy atom. The smallest absolute Gasteiger partial charge is 0.350 e. The van der Waals surface area contributed by atoms with Gasteiger partial charge in [0, 0.05) is 24.0 Å². The monoisotopic (exact) mass is 358 g/mol. The number of alkyl halides is 3. The molecule has 1 atom stereocenters. The summed E-state index contributed by atoms with van der Waals surface area (Å²) in [5.74, 6) is -0.264. The molecule has 4 nitrogen and oxygen atoms in total. The van der Waals surface area contributed by atoms with Crippen LogP contribution in [0.1, 0.15) is 36.2 Å². The minimum atomic E-state index is -4.38. The lowest BCUT2D eigenvalue weighted by Crippen LogP contribution is -2.28. The number of rotatable bonds is 5. The van der Waals surface area contributed by atoms with E-state index in [-0.39, 0.29) is 23.7 Å². The molecule has 0 radical (unpaired) electrons. The van der Waals surface area contributed by atoms with Crippen molar-refractivity contribution in [1.82, 2.24) is 9.88 Å². The number of nitrogens with zero attached hydrogens (tertiary/aromatic N) is 1. The Labute approximate surface area is 140 Å². The molecule has 0 saturated carbocycles. The van der Waals surface area contributed by atoms with E-state index >= 15 is 0 Å². The quantitative estimate of drug-likeness (QED) is 0.889. The average Bonchev–Trinajstić information content (AvgIpc) is 2.83. The second-order valence-corrected chi connectivity index (χ2v) is 6.27. The summed E-state index contributed by atoms with van der Waals surface area (Å²) >= 11 is 1.08. The van der Waals surface area contributed by atoms with Crippen LogP contribution >= 0.6 is 11.3 Å². The molecule has 2 rings (SSSR count). The molecule has 0 aliphatic heterocycles. The van der Waals surface area contributed by atoms with Crippen LogP contribution in [-0.4, -0.2) is 10.5 Å². The zero-order chi connectivity index (χ0) is 17.9. The van der Waals surface area contributed by atoms with Gasteiger partial charge in [-0.05, 0) is 31.5 Å². The average molecular weight is 358 g/mol. The van der Waals surface area contributed by atoms with Crippen molar-refractivity contribution in [1.29, 1.82) is 0 Å². The minimum absolute atomic E-state index is 0.115. The number of carbonyl (C=O) groups is 1. The number of hydrogen-bond donors (Lipinski definition) is 1. The van der Waals surface area contributed by atoms with E-state index in [9.17, 15) is 22.8 Å². The van der Waals surface area contributed by atoms with Crippen molar-refractivity contribution in [3.8, 4) is 0 Å². The van der Waals surface area contributed by atoms with Crippen LogP contribution in [0.25, 0.3) is 0 Å². The van der Waals surface area contributed by atoms with Crippen LogP contribution in [0.4, 0.5) is 13.2 Å². The molecule has 1 N–H and O–H groups in total. The van der Waals surface area contributed by atoms with Crippen LogP contribution in [0.2, 0.25) is 0 Å². The third-order valence-electron chi connectivity index (χ3n) is 3.65. The lowest BCUT2D eigenvalue weighted by molar-refractivity contribution is -0.137. The number of aryl methyl sites for hydroxylation is 1. The second-order valence-electron chi connectivity index (χ2n) is 5.45. The molecule has 1 unspecified atom stereocenters. The highest BCUT2D eigenvalue weighted by Gasteiger charge is 2.30. The number of hydrogen-bond acceptors (Lipinski definition) is 3. The van der Waals surface area contributed by atoms with Gasteiger partial charge in [-0.2, -0.15) is 13.2 Å². The standard InChI is InChI=1S/C16H17F3N2O2S/c1-10-9-24-15(23)21(10)8-7-14(22)20-11(2)12-3-5-13(6-4-12)16(17,18)19/h3-6,9,11H,7-8H2,1-2H3,(H,20,22). The molecular weight excluding hydrogens is 341 g/mol. The van der Waals surface area contributed by atoms with Crippen molar-refractivity contribution in [3.63, 3.8) is 0 Å². The Bertz CT molecular complexity index is 763. The molecule has 2 aromatic rings. The van der Waals surface area contributed by atoms with Gasteiger partial charge in [-0.25, -0.2) is 0 Å². The van der Waals surface area contributed by atoms with Gasteiger partial charge in [0.25, 0.3) is 0 Å². The van der Waals surface area contributed by atoms with E-state index in [2.05, 4.69) is 5.32 Å². The molecule has 0 aliphatic carbocycles. The van der Waals surface area contributed by atoms with E-state index in [1.807, 2.05) is 0 Å². The Kier molecular flexibility index (Phi) is 5.48. The molecule has 1 aromatic heterocycles. The van der Waals surface area contributed by atoms with Crippen molar-refractivity contribution >= 4 is 17.2 Å². The number of carbonyl (C=O) groups excluding carboxylic acids is 1. The molecule has 1 amide bonds. The van der Waals surface area contributed by atoms with Crippen molar-refractivity contribution in [2.24, 2.45) is 0 Å². The molecule has 0 bridgehead atoms. The summed E-state index contributed by atoms with van der Waals surface area (Å²) in [5.41, 5.74) is 0.658. The van der Waals surface area contributed by atoms with Gasteiger partial charge in [0.15, 0.2) is 0 Å². The Morgan fingerprint density at radius 3 is 2.42 bits per heavy atom. The van der Waals surface area contributed by atoms with Gasteiger partial charge in [0.05, 0.1) is 11.6 Å². The van der Waals surface area contributed by atoms with Crippen LogP contribution in [0.5, 0.6) is 0 Å². The van der Waals surface area contributed by atoms with E-state index in [1.54, 1.807) is 19.2 Å². The first-order valence-electron chi connectivity index (χ1n) is 7.30.